The fourth-order valence-corrected chi connectivity index (χ4v) is 1.26. The van der Waals surface area contributed by atoms with Crippen molar-refractivity contribution in [2.75, 3.05) is 0 Å². The van der Waals surface area contributed by atoms with Gasteiger partial charge in [0.1, 0.15) is 10.2 Å². The average molecular weight is 208 g/mol. The van der Waals surface area contributed by atoms with Crippen LogP contribution in [0, 0.1) is 0 Å². The van der Waals surface area contributed by atoms with Crippen LogP contribution in [0.5, 0.6) is 0 Å². The summed E-state index contributed by atoms with van der Waals surface area (Å²) in [6.07, 6.45) is 0. The van der Waals surface area contributed by atoms with Crippen LogP contribution in [-0.2, 0) is 6.54 Å². The fraction of sp³-hybridized carbons (Fsp3) is 0.333. The molecule has 0 unspecified atom stereocenters. The van der Waals surface area contributed by atoms with Crippen molar-refractivity contribution in [2.24, 2.45) is 5.73 Å². The van der Waals surface area contributed by atoms with Gasteiger partial charge in [-0.3, -0.25) is 9.48 Å². The lowest BCUT2D eigenvalue weighted by Gasteiger charge is -1.93. The molecule has 0 aromatic carbocycles. The highest BCUT2D eigenvalue weighted by Gasteiger charge is 2.17. The first-order valence-electron chi connectivity index (χ1n) is 3.29. The van der Waals surface area contributed by atoms with Crippen molar-refractivity contribution >= 4 is 29.1 Å². The van der Waals surface area contributed by atoms with Gasteiger partial charge in [0.15, 0.2) is 5.69 Å². The summed E-state index contributed by atoms with van der Waals surface area (Å²) in [5, 5.41) is 4.17. The van der Waals surface area contributed by atoms with Crippen LogP contribution in [0.2, 0.25) is 10.2 Å². The van der Waals surface area contributed by atoms with Crippen molar-refractivity contribution in [2.45, 2.75) is 13.5 Å². The molecule has 0 saturated carbocycles. The summed E-state index contributed by atoms with van der Waals surface area (Å²) in [5.41, 5.74) is 5.01. The maximum absolute atomic E-state index is 10.7. The Morgan fingerprint density at radius 1 is 1.67 bits per heavy atom. The van der Waals surface area contributed by atoms with Gasteiger partial charge in [-0.1, -0.05) is 23.2 Å². The largest absolute Gasteiger partial charge is 0.364 e. The van der Waals surface area contributed by atoms with Crippen molar-refractivity contribution < 1.29 is 4.79 Å². The van der Waals surface area contributed by atoms with E-state index in [2.05, 4.69) is 5.10 Å². The van der Waals surface area contributed by atoms with E-state index in [1.165, 1.54) is 4.68 Å². The molecule has 1 aromatic rings. The number of halogens is 2. The first-order valence-corrected chi connectivity index (χ1v) is 4.05. The first-order chi connectivity index (χ1) is 5.57. The summed E-state index contributed by atoms with van der Waals surface area (Å²) in [4.78, 5) is 10.7. The molecule has 0 aliphatic rings. The number of carbonyl (C=O) groups excluding carboxylic acids is 1. The number of primary amides is 1. The predicted molar refractivity (Wildman–Crippen MR) is 46.4 cm³/mol. The van der Waals surface area contributed by atoms with Crippen LogP contribution in [0.4, 0.5) is 0 Å². The highest BCUT2D eigenvalue weighted by atomic mass is 35.5. The van der Waals surface area contributed by atoms with Crippen molar-refractivity contribution in [3.05, 3.63) is 15.9 Å². The number of aryl methyl sites for hydroxylation is 1. The quantitative estimate of drug-likeness (QED) is 0.796. The highest BCUT2D eigenvalue weighted by Crippen LogP contribution is 2.24. The number of amides is 1. The van der Waals surface area contributed by atoms with Gasteiger partial charge in [-0.05, 0) is 6.92 Å². The topological polar surface area (TPSA) is 60.9 Å². The van der Waals surface area contributed by atoms with Crippen LogP contribution in [0.25, 0.3) is 0 Å². The minimum absolute atomic E-state index is 0.0171. The Balaban J connectivity index is 3.25. The van der Waals surface area contributed by atoms with E-state index in [1.807, 2.05) is 6.92 Å². The van der Waals surface area contributed by atoms with E-state index in [-0.39, 0.29) is 15.9 Å². The predicted octanol–water partition coefficient (Wildman–Crippen LogP) is 1.31. The third-order valence-corrected chi connectivity index (χ3v) is 2.21. The zero-order chi connectivity index (χ0) is 9.30. The van der Waals surface area contributed by atoms with Crippen LogP contribution in [0.3, 0.4) is 0 Å². The monoisotopic (exact) mass is 207 g/mol. The minimum Gasteiger partial charge on any atom is -0.364 e. The van der Waals surface area contributed by atoms with E-state index < -0.39 is 5.91 Å². The zero-order valence-electron chi connectivity index (χ0n) is 6.34. The van der Waals surface area contributed by atoms with E-state index in [4.69, 9.17) is 28.9 Å². The normalized spacial score (nSPS) is 10.2. The molecule has 0 aliphatic heterocycles. The molecule has 1 amide bonds. The van der Waals surface area contributed by atoms with Crippen LogP contribution in [0.1, 0.15) is 17.4 Å². The smallest absolute Gasteiger partial charge is 0.270 e. The lowest BCUT2D eigenvalue weighted by atomic mass is 10.4. The average Bonchev–Trinajstić information content (AvgIpc) is 2.30. The zero-order valence-corrected chi connectivity index (χ0v) is 7.85. The van der Waals surface area contributed by atoms with Crippen LogP contribution in [0.15, 0.2) is 0 Å². The Morgan fingerprint density at radius 2 is 2.25 bits per heavy atom. The van der Waals surface area contributed by atoms with Gasteiger partial charge in [0.25, 0.3) is 5.91 Å². The molecular formula is C6H7Cl2N3O. The second kappa shape index (κ2) is 3.33. The third-order valence-electron chi connectivity index (χ3n) is 1.37. The number of nitrogens with two attached hydrogens (primary N) is 1. The Bertz CT molecular complexity index is 321. The maximum Gasteiger partial charge on any atom is 0.270 e. The van der Waals surface area contributed by atoms with Gasteiger partial charge in [-0.25, -0.2) is 0 Å². The second-order valence-electron chi connectivity index (χ2n) is 2.13. The van der Waals surface area contributed by atoms with Gasteiger partial charge in [-0.15, -0.1) is 0 Å². The van der Waals surface area contributed by atoms with Crippen LogP contribution >= 0.6 is 23.2 Å². The molecule has 0 radical (unpaired) electrons. The molecule has 1 aromatic heterocycles. The van der Waals surface area contributed by atoms with Crippen molar-refractivity contribution in [3.8, 4) is 0 Å². The summed E-state index contributed by atoms with van der Waals surface area (Å²) in [7, 11) is 0. The molecule has 0 spiro atoms. The Hall–Kier alpha value is -0.740. The number of carbonyl (C=O) groups is 1. The summed E-state index contributed by atoms with van der Waals surface area (Å²) >= 11 is 11.4. The SMILES string of the molecule is CCn1nc(C(N)=O)c(Cl)c1Cl. The van der Waals surface area contributed by atoms with Gasteiger partial charge < -0.3 is 5.73 Å². The molecule has 0 saturated heterocycles. The van der Waals surface area contributed by atoms with Crippen molar-refractivity contribution in [1.82, 2.24) is 9.78 Å². The van der Waals surface area contributed by atoms with E-state index >= 15 is 0 Å². The Labute approximate surface area is 79.2 Å². The first kappa shape index (κ1) is 9.35. The number of rotatable bonds is 2. The lowest BCUT2D eigenvalue weighted by Crippen LogP contribution is -2.12. The number of hydrogen-bond acceptors (Lipinski definition) is 2. The molecule has 0 aliphatic carbocycles. The molecule has 12 heavy (non-hydrogen) atoms. The lowest BCUT2D eigenvalue weighted by molar-refractivity contribution is 0.0995. The Morgan fingerprint density at radius 3 is 2.50 bits per heavy atom. The summed E-state index contributed by atoms with van der Waals surface area (Å²) in [5.74, 6) is -0.672. The second-order valence-corrected chi connectivity index (χ2v) is 2.87. The third kappa shape index (κ3) is 1.40. The number of nitrogens with zero attached hydrogens (tertiary/aromatic N) is 2. The molecular weight excluding hydrogens is 201 g/mol. The molecule has 1 rings (SSSR count). The molecule has 0 atom stereocenters. The van der Waals surface area contributed by atoms with Gasteiger partial charge >= 0.3 is 0 Å². The van der Waals surface area contributed by atoms with E-state index in [1.54, 1.807) is 0 Å². The number of aromatic nitrogens is 2. The molecule has 6 heteroatoms. The fourth-order valence-electron chi connectivity index (χ4n) is 0.786. The molecule has 2 N–H and O–H groups in total. The van der Waals surface area contributed by atoms with Gasteiger partial charge in [-0.2, -0.15) is 5.10 Å². The van der Waals surface area contributed by atoms with E-state index in [9.17, 15) is 4.79 Å². The Kier molecular flexibility index (Phi) is 2.59. The molecule has 66 valence electrons. The molecule has 0 fully saturated rings. The summed E-state index contributed by atoms with van der Waals surface area (Å²) in [6.45, 7) is 2.38. The van der Waals surface area contributed by atoms with Crippen LogP contribution in [-0.4, -0.2) is 15.7 Å². The van der Waals surface area contributed by atoms with Gasteiger partial charge in [0, 0.05) is 6.54 Å². The molecule has 1 heterocycles. The minimum atomic E-state index is -0.672. The van der Waals surface area contributed by atoms with Crippen LogP contribution < -0.4 is 5.73 Å². The highest BCUT2D eigenvalue weighted by molar-refractivity contribution is 6.43. The van der Waals surface area contributed by atoms with E-state index in [0.29, 0.717) is 6.54 Å². The maximum atomic E-state index is 10.7. The standard InChI is InChI=1S/C6H7Cl2N3O/c1-2-11-5(8)3(7)4(10-11)6(9)12/h2H2,1H3,(H2,9,12). The van der Waals surface area contributed by atoms with Crippen molar-refractivity contribution in [1.29, 1.82) is 0 Å². The van der Waals surface area contributed by atoms with Gasteiger partial charge in [0.05, 0.1) is 0 Å². The van der Waals surface area contributed by atoms with E-state index in [0.717, 1.165) is 0 Å². The van der Waals surface area contributed by atoms with Gasteiger partial charge in [0.2, 0.25) is 0 Å². The summed E-state index contributed by atoms with van der Waals surface area (Å²) < 4.78 is 1.41. The molecule has 0 bridgehead atoms. The molecule has 4 nitrogen and oxygen atoms in total. The summed E-state index contributed by atoms with van der Waals surface area (Å²) in [6, 6.07) is 0. The van der Waals surface area contributed by atoms with Crippen molar-refractivity contribution in [3.63, 3.8) is 0 Å². The number of hydrogen-bond donors (Lipinski definition) is 1.